The van der Waals surface area contributed by atoms with E-state index in [-0.39, 0.29) is 0 Å². The minimum absolute atomic E-state index is 0.361. The summed E-state index contributed by atoms with van der Waals surface area (Å²) in [6, 6.07) is 6.78. The molecular weight excluding hydrogens is 183 g/mol. The van der Waals surface area contributed by atoms with Crippen LogP contribution in [-0.4, -0.2) is 37.4 Å². The van der Waals surface area contributed by atoms with Crippen molar-refractivity contribution in [2.75, 3.05) is 0 Å². The van der Waals surface area contributed by atoms with E-state index in [0.717, 1.165) is 0 Å². The van der Waals surface area contributed by atoms with Gasteiger partial charge in [-0.15, -0.1) is 5.10 Å². The van der Waals surface area contributed by atoms with Crippen molar-refractivity contribution in [3.63, 3.8) is 0 Å². The molecule has 0 unspecified atom stereocenters. The van der Waals surface area contributed by atoms with Crippen molar-refractivity contribution in [2.45, 2.75) is 0 Å². The first-order chi connectivity index (χ1) is 6.79. The first kappa shape index (κ1) is 8.85. The predicted molar refractivity (Wildman–Crippen MR) is 49.0 cm³/mol. The van der Waals surface area contributed by atoms with Crippen LogP contribution in [0.25, 0.3) is 5.69 Å². The van der Waals surface area contributed by atoms with Gasteiger partial charge in [0.25, 0.3) is 0 Å². The fraction of sp³-hybridized carbons (Fsp3) is 0. The summed E-state index contributed by atoms with van der Waals surface area (Å²) in [5, 5.41) is 28.8. The highest BCUT2D eigenvalue weighted by Crippen LogP contribution is 2.01. The van der Waals surface area contributed by atoms with Crippen LogP contribution in [0.4, 0.5) is 0 Å². The molecule has 0 aliphatic carbocycles. The third-order valence-electron chi connectivity index (χ3n) is 1.81. The van der Waals surface area contributed by atoms with Crippen LogP contribution in [0.2, 0.25) is 0 Å². The van der Waals surface area contributed by atoms with Crippen molar-refractivity contribution < 1.29 is 10.0 Å². The second kappa shape index (κ2) is 3.56. The second-order valence-electron chi connectivity index (χ2n) is 2.69. The Bertz CT molecular complexity index is 417. The zero-order valence-electron chi connectivity index (χ0n) is 7.15. The molecular formula is C7H7BN4O2. The molecule has 0 atom stereocenters. The molecule has 2 aromatic rings. The zero-order valence-corrected chi connectivity index (χ0v) is 7.15. The number of nitrogens with zero attached hydrogens (tertiary/aromatic N) is 4. The fourth-order valence-corrected chi connectivity index (χ4v) is 1.19. The van der Waals surface area contributed by atoms with Gasteiger partial charge in [-0.3, -0.25) is 0 Å². The molecule has 0 radical (unpaired) electrons. The summed E-state index contributed by atoms with van der Waals surface area (Å²) in [4.78, 5) is 0. The Morgan fingerprint density at radius 1 is 1.21 bits per heavy atom. The Kier molecular flexibility index (Phi) is 2.25. The van der Waals surface area contributed by atoms with Crippen LogP contribution in [0, 0.1) is 0 Å². The highest BCUT2D eigenvalue weighted by Gasteiger charge is 2.16. The molecule has 2 N–H and O–H groups in total. The van der Waals surface area contributed by atoms with E-state index in [1.165, 1.54) is 11.0 Å². The molecule has 0 bridgehead atoms. The van der Waals surface area contributed by atoms with Gasteiger partial charge in [0.2, 0.25) is 0 Å². The topological polar surface area (TPSA) is 84.1 Å². The maximum absolute atomic E-state index is 9.08. The molecule has 1 aromatic heterocycles. The number of para-hydroxylation sites is 1. The second-order valence-corrected chi connectivity index (χ2v) is 2.69. The minimum atomic E-state index is -1.53. The molecule has 2 rings (SSSR count). The van der Waals surface area contributed by atoms with E-state index in [2.05, 4.69) is 15.5 Å². The number of benzene rings is 1. The van der Waals surface area contributed by atoms with E-state index in [4.69, 9.17) is 10.0 Å². The molecule has 6 nitrogen and oxygen atoms in total. The van der Waals surface area contributed by atoms with E-state index in [0.29, 0.717) is 11.2 Å². The summed E-state index contributed by atoms with van der Waals surface area (Å²) >= 11 is 0. The largest absolute Gasteiger partial charge is 0.490 e. The summed E-state index contributed by atoms with van der Waals surface area (Å²) < 4.78 is 1.37. The van der Waals surface area contributed by atoms with Crippen molar-refractivity contribution in [2.24, 2.45) is 0 Å². The van der Waals surface area contributed by atoms with E-state index in [9.17, 15) is 0 Å². The average molecular weight is 190 g/mol. The molecule has 1 heterocycles. The Balaban J connectivity index is 2.53. The van der Waals surface area contributed by atoms with Gasteiger partial charge in [0.1, 0.15) is 6.33 Å². The highest BCUT2D eigenvalue weighted by atomic mass is 16.4. The van der Waals surface area contributed by atoms with E-state index < -0.39 is 7.12 Å². The number of rotatable bonds is 2. The first-order valence-electron chi connectivity index (χ1n) is 3.97. The van der Waals surface area contributed by atoms with Gasteiger partial charge < -0.3 is 10.0 Å². The molecule has 0 fully saturated rings. The Labute approximate surface area is 80.0 Å². The summed E-state index contributed by atoms with van der Waals surface area (Å²) in [7, 11) is -1.53. The predicted octanol–water partition coefficient (Wildman–Crippen LogP) is -1.66. The van der Waals surface area contributed by atoms with Gasteiger partial charge in [-0.2, -0.15) is 0 Å². The van der Waals surface area contributed by atoms with Crippen LogP contribution in [0.3, 0.4) is 0 Å². The number of aromatic nitrogens is 4. The summed E-state index contributed by atoms with van der Waals surface area (Å²) in [6.07, 6.45) is 1.39. The quantitative estimate of drug-likeness (QED) is 0.553. The third-order valence-corrected chi connectivity index (χ3v) is 1.81. The minimum Gasteiger partial charge on any atom is -0.423 e. The van der Waals surface area contributed by atoms with Crippen molar-refractivity contribution in [1.29, 1.82) is 0 Å². The van der Waals surface area contributed by atoms with Gasteiger partial charge in [-0.05, 0) is 16.5 Å². The normalized spacial score (nSPS) is 10.1. The van der Waals surface area contributed by atoms with Gasteiger partial charge in [0.05, 0.1) is 5.69 Å². The molecule has 0 aliphatic heterocycles. The van der Waals surface area contributed by atoms with Crippen LogP contribution in [0.5, 0.6) is 0 Å². The lowest BCUT2D eigenvalue weighted by atomic mass is 9.79. The van der Waals surface area contributed by atoms with Crippen molar-refractivity contribution >= 4 is 12.6 Å². The van der Waals surface area contributed by atoms with Crippen molar-refractivity contribution in [3.05, 3.63) is 30.6 Å². The molecule has 1 aromatic carbocycles. The first-order valence-corrected chi connectivity index (χ1v) is 3.97. The van der Waals surface area contributed by atoms with Crippen molar-refractivity contribution in [1.82, 2.24) is 20.2 Å². The Morgan fingerprint density at radius 2 is 2.00 bits per heavy atom. The van der Waals surface area contributed by atoms with E-state index in [1.54, 1.807) is 24.3 Å². The number of hydrogen-bond donors (Lipinski definition) is 2. The maximum Gasteiger partial charge on any atom is 0.490 e. The summed E-state index contributed by atoms with van der Waals surface area (Å²) in [6.45, 7) is 0. The van der Waals surface area contributed by atoms with Gasteiger partial charge in [-0.25, -0.2) is 4.68 Å². The standard InChI is InChI=1S/C7H7BN4O2/c13-8(14)6-3-1-2-4-7(6)12-5-9-10-11-12/h1-5,13-14H. The number of hydrogen-bond acceptors (Lipinski definition) is 5. The lowest BCUT2D eigenvalue weighted by molar-refractivity contribution is 0.425. The van der Waals surface area contributed by atoms with Gasteiger partial charge in [-0.1, -0.05) is 18.2 Å². The molecule has 0 saturated heterocycles. The van der Waals surface area contributed by atoms with Crippen molar-refractivity contribution in [3.8, 4) is 5.69 Å². The van der Waals surface area contributed by atoms with Crippen LogP contribution >= 0.6 is 0 Å². The Hall–Kier alpha value is -1.73. The van der Waals surface area contributed by atoms with E-state index in [1.807, 2.05) is 0 Å². The molecule has 0 aliphatic rings. The highest BCUT2D eigenvalue weighted by molar-refractivity contribution is 6.60. The Morgan fingerprint density at radius 3 is 2.64 bits per heavy atom. The van der Waals surface area contributed by atoms with Crippen LogP contribution < -0.4 is 5.46 Å². The average Bonchev–Trinajstić information content (AvgIpc) is 2.70. The van der Waals surface area contributed by atoms with Crippen LogP contribution in [0.15, 0.2) is 30.6 Å². The molecule has 0 spiro atoms. The van der Waals surface area contributed by atoms with Crippen LogP contribution in [-0.2, 0) is 0 Å². The molecule has 0 saturated carbocycles. The monoisotopic (exact) mass is 190 g/mol. The summed E-state index contributed by atoms with van der Waals surface area (Å²) in [5.41, 5.74) is 0.910. The molecule has 7 heteroatoms. The molecule has 70 valence electrons. The maximum atomic E-state index is 9.08. The lowest BCUT2D eigenvalue weighted by Crippen LogP contribution is -2.33. The molecule has 0 amide bonds. The molecule has 14 heavy (non-hydrogen) atoms. The fourth-order valence-electron chi connectivity index (χ4n) is 1.19. The summed E-state index contributed by atoms with van der Waals surface area (Å²) in [5.74, 6) is 0. The number of tetrazole rings is 1. The van der Waals surface area contributed by atoms with Gasteiger partial charge in [0, 0.05) is 5.46 Å². The SMILES string of the molecule is OB(O)c1ccccc1-n1cnnn1. The lowest BCUT2D eigenvalue weighted by Gasteiger charge is -2.06. The van der Waals surface area contributed by atoms with Gasteiger partial charge in [0.15, 0.2) is 0 Å². The zero-order chi connectivity index (χ0) is 9.97. The van der Waals surface area contributed by atoms with E-state index >= 15 is 0 Å². The van der Waals surface area contributed by atoms with Gasteiger partial charge >= 0.3 is 7.12 Å². The van der Waals surface area contributed by atoms with Crippen LogP contribution in [0.1, 0.15) is 0 Å². The smallest absolute Gasteiger partial charge is 0.423 e. The third kappa shape index (κ3) is 1.50.